The molecule has 0 bridgehead atoms. The highest BCUT2D eigenvalue weighted by molar-refractivity contribution is 6.00. The van der Waals surface area contributed by atoms with Crippen LogP contribution in [0.15, 0.2) is 188 Å². The van der Waals surface area contributed by atoms with E-state index in [2.05, 4.69) is 243 Å². The third kappa shape index (κ3) is 5.39. The smallest absolute Gasteiger partial charge is 0.392 e. The van der Waals surface area contributed by atoms with Crippen molar-refractivity contribution in [3.63, 3.8) is 0 Å². The Bertz CT molecular complexity index is 3650. The van der Waals surface area contributed by atoms with E-state index in [1.807, 2.05) is 0 Å². The van der Waals surface area contributed by atoms with E-state index in [1.54, 1.807) is 0 Å². The van der Waals surface area contributed by atoms with Crippen LogP contribution >= 0.6 is 0 Å². The summed E-state index contributed by atoms with van der Waals surface area (Å²) in [5, 5.41) is 0. The second-order valence-electron chi connectivity index (χ2n) is 19.6. The van der Waals surface area contributed by atoms with Gasteiger partial charge in [-0.05, 0) is 130 Å². The Morgan fingerprint density at radius 1 is 0.485 bits per heavy atom. The predicted octanol–water partition coefficient (Wildman–Crippen LogP) is 14.3. The van der Waals surface area contributed by atoms with Crippen molar-refractivity contribution in [1.82, 2.24) is 4.57 Å². The summed E-state index contributed by atoms with van der Waals surface area (Å²) in [6.07, 6.45) is 2.27. The predicted molar refractivity (Wildman–Crippen MR) is 268 cm³/mol. The monoisotopic (exact) mass is 851 g/mol. The molecule has 1 atom stereocenters. The van der Waals surface area contributed by atoms with Crippen molar-refractivity contribution in [2.45, 2.75) is 52.8 Å². The second kappa shape index (κ2) is 13.8. The first-order valence-electron chi connectivity index (χ1n) is 23.2. The second-order valence-corrected chi connectivity index (χ2v) is 19.6. The highest BCUT2D eigenvalue weighted by Crippen LogP contribution is 2.55. The average molecular weight is 852 g/mol. The van der Waals surface area contributed by atoms with Crippen LogP contribution in [0.5, 0.6) is 5.75 Å². The number of ether oxygens (including phenoxy) is 1. The van der Waals surface area contributed by atoms with Gasteiger partial charge < -0.3 is 4.74 Å². The standard InChI is InChI=1S/C62H49N3O/c1-38-31-40(3)59-53(32-38)60-64(56-37-49(43-21-14-9-15-22-43)39(2)33-50(56)44-25-27-47(28-26-44)61(4,5)6)54-24-16-23-48-51-34-46(42-19-12-8-13-20-42)35-52-55-36-45(41-17-10-7-11-18-41)29-30-63(55)62(66-59,57(51)52)65(60)58(48)54/h7-37H,1-6H3/q+2. The molecule has 13 rings (SSSR count). The third-order valence-corrected chi connectivity index (χ3v) is 14.4. The SMILES string of the molecule is Cc1cc(C)c2c(c1)-c1n(-c3cc(-c4ccccc4)c(C)cc3-c3ccc(C(C)(C)C)cc3)c3cccc4c3[n+]1C1(O2)c2c-4cc(-c3ccccc3)cc2-c2cc(-c3ccccc3)cc[n+]21. The molecule has 2 aromatic heterocycles. The number of benzene rings is 8. The fourth-order valence-electron chi connectivity index (χ4n) is 11.3. The summed E-state index contributed by atoms with van der Waals surface area (Å²) in [4.78, 5) is 0. The van der Waals surface area contributed by atoms with Crippen molar-refractivity contribution >= 4 is 11.0 Å². The quantitative estimate of drug-likeness (QED) is 0.158. The normalized spacial score (nSPS) is 15.0. The number of pyridine rings is 1. The Kier molecular flexibility index (Phi) is 8.10. The van der Waals surface area contributed by atoms with Crippen molar-refractivity contribution in [2.75, 3.05) is 0 Å². The van der Waals surface area contributed by atoms with E-state index in [0.717, 1.165) is 50.7 Å². The number of nitrogens with zero attached hydrogens (tertiary/aromatic N) is 3. The number of aryl methyl sites for hydroxylation is 3. The molecule has 0 N–H and O–H groups in total. The summed E-state index contributed by atoms with van der Waals surface area (Å²) in [5.41, 5.74) is 24.7. The minimum Gasteiger partial charge on any atom is -0.392 e. The minimum atomic E-state index is -1.08. The van der Waals surface area contributed by atoms with E-state index in [4.69, 9.17) is 4.74 Å². The van der Waals surface area contributed by atoms with Crippen molar-refractivity contribution in [3.05, 3.63) is 216 Å². The molecule has 1 unspecified atom stereocenters. The lowest BCUT2D eigenvalue weighted by molar-refractivity contribution is -0.997. The molecule has 0 aliphatic carbocycles. The first kappa shape index (κ1) is 38.6. The number of hydrogen-bond donors (Lipinski definition) is 0. The van der Waals surface area contributed by atoms with Gasteiger partial charge in [0.25, 0.3) is 0 Å². The van der Waals surface area contributed by atoms with Gasteiger partial charge in [-0.1, -0.05) is 148 Å². The van der Waals surface area contributed by atoms with Crippen LogP contribution in [0.25, 0.3) is 95.0 Å². The van der Waals surface area contributed by atoms with Crippen molar-refractivity contribution in [1.29, 1.82) is 0 Å². The average Bonchev–Trinajstić information content (AvgIpc) is 3.83. The fraction of sp³-hybridized carbons (Fsp3) is 0.129. The number of imidazole rings is 1. The number of aromatic nitrogens is 3. The summed E-state index contributed by atoms with van der Waals surface area (Å²) in [7, 11) is 0. The Labute approximate surface area is 386 Å². The molecular weight excluding hydrogens is 803 g/mol. The van der Waals surface area contributed by atoms with Crippen LogP contribution in [0.3, 0.4) is 0 Å². The summed E-state index contributed by atoms with van der Waals surface area (Å²) < 4.78 is 15.5. The van der Waals surface area contributed by atoms with Gasteiger partial charge in [-0.25, -0.2) is 0 Å². The van der Waals surface area contributed by atoms with Gasteiger partial charge >= 0.3 is 11.7 Å². The highest BCUT2D eigenvalue weighted by Gasteiger charge is 2.68. The number of rotatable bonds is 5. The molecule has 1 spiro atoms. The molecule has 3 aliphatic heterocycles. The van der Waals surface area contributed by atoms with Crippen molar-refractivity contribution in [3.8, 4) is 89.7 Å². The molecule has 316 valence electrons. The molecule has 4 nitrogen and oxygen atoms in total. The Hall–Kier alpha value is -7.82. The Balaban J connectivity index is 1.20. The molecule has 66 heavy (non-hydrogen) atoms. The first-order valence-corrected chi connectivity index (χ1v) is 23.2. The Morgan fingerprint density at radius 3 is 1.83 bits per heavy atom. The molecule has 0 fully saturated rings. The third-order valence-electron chi connectivity index (χ3n) is 14.4. The van der Waals surface area contributed by atoms with Gasteiger partial charge in [-0.15, -0.1) is 9.13 Å². The van der Waals surface area contributed by atoms with Gasteiger partial charge in [0.2, 0.25) is 5.69 Å². The molecule has 0 saturated heterocycles. The molecular formula is C62H49N3O+2. The van der Waals surface area contributed by atoms with Crippen molar-refractivity contribution in [2.24, 2.45) is 0 Å². The van der Waals surface area contributed by atoms with E-state index in [1.165, 1.54) is 77.9 Å². The maximum absolute atomic E-state index is 7.91. The molecule has 4 heteroatoms. The summed E-state index contributed by atoms with van der Waals surface area (Å²) in [5.74, 6) is 0.916. The zero-order valence-corrected chi connectivity index (χ0v) is 38.1. The van der Waals surface area contributed by atoms with Gasteiger partial charge in [0, 0.05) is 28.8 Å². The van der Waals surface area contributed by atoms with E-state index >= 15 is 0 Å². The van der Waals surface area contributed by atoms with E-state index in [-0.39, 0.29) is 5.41 Å². The van der Waals surface area contributed by atoms with E-state index in [9.17, 15) is 0 Å². The van der Waals surface area contributed by atoms with Gasteiger partial charge in [0.1, 0.15) is 16.8 Å². The van der Waals surface area contributed by atoms with Crippen molar-refractivity contribution < 1.29 is 13.9 Å². The Morgan fingerprint density at radius 2 is 1.14 bits per heavy atom. The van der Waals surface area contributed by atoms with Gasteiger partial charge in [-0.3, -0.25) is 0 Å². The van der Waals surface area contributed by atoms with Gasteiger partial charge in [0.15, 0.2) is 23.0 Å². The number of hydrogen-bond acceptors (Lipinski definition) is 1. The van der Waals surface area contributed by atoms with Gasteiger partial charge in [0.05, 0.1) is 5.56 Å². The lowest BCUT2D eigenvalue weighted by atomic mass is 9.85. The minimum absolute atomic E-state index is 0.0333. The molecule has 0 radical (unpaired) electrons. The molecule has 0 saturated carbocycles. The first-order chi connectivity index (χ1) is 32.1. The summed E-state index contributed by atoms with van der Waals surface area (Å²) in [6.45, 7) is 13.5. The zero-order chi connectivity index (χ0) is 44.6. The van der Waals surface area contributed by atoms with Crippen LogP contribution in [-0.4, -0.2) is 4.57 Å². The fourth-order valence-corrected chi connectivity index (χ4v) is 11.3. The largest absolute Gasteiger partial charge is 0.499 e. The molecule has 5 heterocycles. The van der Waals surface area contributed by atoms with Crippen LogP contribution in [-0.2, 0) is 11.3 Å². The molecule has 3 aliphatic rings. The molecule has 10 aromatic rings. The molecule has 8 aromatic carbocycles. The van der Waals surface area contributed by atoms with Crippen LogP contribution in [0.2, 0.25) is 0 Å². The number of para-hydroxylation sites is 1. The van der Waals surface area contributed by atoms with E-state index < -0.39 is 5.85 Å². The van der Waals surface area contributed by atoms with Gasteiger partial charge in [-0.2, -0.15) is 4.57 Å². The number of fused-ring (bicyclic) bond motifs is 5. The zero-order valence-electron chi connectivity index (χ0n) is 38.1. The maximum Gasteiger partial charge on any atom is 0.499 e. The topological polar surface area (TPSA) is 21.9 Å². The van der Waals surface area contributed by atoms with E-state index in [0.29, 0.717) is 0 Å². The maximum atomic E-state index is 7.91. The van der Waals surface area contributed by atoms with Crippen LogP contribution in [0.1, 0.15) is 48.6 Å². The lowest BCUT2D eigenvalue weighted by Crippen LogP contribution is -2.78. The summed E-state index contributed by atoms with van der Waals surface area (Å²) >= 11 is 0. The lowest BCUT2D eigenvalue weighted by Gasteiger charge is -2.33. The summed E-state index contributed by atoms with van der Waals surface area (Å²) in [6, 6.07) is 67.5. The van der Waals surface area contributed by atoms with Crippen LogP contribution in [0, 0.1) is 20.8 Å². The van der Waals surface area contributed by atoms with Crippen LogP contribution < -0.4 is 13.9 Å². The highest BCUT2D eigenvalue weighted by atomic mass is 16.5. The molecule has 0 amide bonds. The van der Waals surface area contributed by atoms with Crippen LogP contribution in [0.4, 0.5) is 0 Å².